The molecule has 25 heavy (non-hydrogen) atoms. The van der Waals surface area contributed by atoms with Crippen molar-refractivity contribution in [3.05, 3.63) is 48.3 Å². The quantitative estimate of drug-likeness (QED) is 0.794. The van der Waals surface area contributed by atoms with Gasteiger partial charge in [0.2, 0.25) is 5.91 Å². The van der Waals surface area contributed by atoms with Gasteiger partial charge in [-0.2, -0.15) is 4.52 Å². The van der Waals surface area contributed by atoms with Gasteiger partial charge in [-0.15, -0.1) is 15.3 Å². The highest BCUT2D eigenvalue weighted by molar-refractivity contribution is 5.93. The van der Waals surface area contributed by atoms with E-state index in [0.29, 0.717) is 6.54 Å². The molecule has 1 atom stereocenters. The number of benzene rings is 1. The molecule has 1 N–H and O–H groups in total. The summed E-state index contributed by atoms with van der Waals surface area (Å²) >= 11 is 0. The van der Waals surface area contributed by atoms with E-state index in [2.05, 4.69) is 25.5 Å². The summed E-state index contributed by atoms with van der Waals surface area (Å²) in [6.45, 7) is 3.44. The number of anilines is 2. The summed E-state index contributed by atoms with van der Waals surface area (Å²) in [7, 11) is 0. The standard InChI is InChI=1S/C18H20N6O/c1-13-20-21-16-9-10-17(22-24(13)16)23-11-5-6-14(12-23)18(25)19-15-7-3-2-4-8-15/h2-4,7-10,14H,5-6,11-12H2,1H3,(H,19,25)/t14-/m0/s1. The summed E-state index contributed by atoms with van der Waals surface area (Å²) in [5.74, 6) is 1.63. The molecule has 1 aromatic carbocycles. The van der Waals surface area contributed by atoms with Gasteiger partial charge in [-0.3, -0.25) is 4.79 Å². The fourth-order valence-corrected chi connectivity index (χ4v) is 3.22. The van der Waals surface area contributed by atoms with Crippen LogP contribution in [0.15, 0.2) is 42.5 Å². The number of piperidine rings is 1. The van der Waals surface area contributed by atoms with E-state index < -0.39 is 0 Å². The van der Waals surface area contributed by atoms with Crippen LogP contribution in [0.5, 0.6) is 0 Å². The smallest absolute Gasteiger partial charge is 0.229 e. The van der Waals surface area contributed by atoms with Crippen LogP contribution in [0.1, 0.15) is 18.7 Å². The number of aryl methyl sites for hydroxylation is 1. The van der Waals surface area contributed by atoms with Gasteiger partial charge < -0.3 is 10.2 Å². The lowest BCUT2D eigenvalue weighted by molar-refractivity contribution is -0.120. The van der Waals surface area contributed by atoms with E-state index in [1.165, 1.54) is 0 Å². The minimum Gasteiger partial charge on any atom is -0.354 e. The van der Waals surface area contributed by atoms with Gasteiger partial charge in [0, 0.05) is 18.8 Å². The molecule has 128 valence electrons. The third-order valence-corrected chi connectivity index (χ3v) is 4.56. The molecule has 1 aliphatic rings. The van der Waals surface area contributed by atoms with Gasteiger partial charge in [0.25, 0.3) is 0 Å². The number of fused-ring (bicyclic) bond motifs is 1. The van der Waals surface area contributed by atoms with Crippen molar-refractivity contribution in [3.8, 4) is 0 Å². The van der Waals surface area contributed by atoms with Crippen molar-refractivity contribution in [2.45, 2.75) is 19.8 Å². The van der Waals surface area contributed by atoms with E-state index >= 15 is 0 Å². The minimum atomic E-state index is -0.0477. The molecule has 1 fully saturated rings. The van der Waals surface area contributed by atoms with Crippen LogP contribution in [-0.2, 0) is 4.79 Å². The first-order chi connectivity index (χ1) is 12.2. The molecular formula is C18H20N6O. The minimum absolute atomic E-state index is 0.0477. The Morgan fingerprint density at radius 3 is 2.84 bits per heavy atom. The lowest BCUT2D eigenvalue weighted by Crippen LogP contribution is -2.41. The second kappa shape index (κ2) is 6.51. The summed E-state index contributed by atoms with van der Waals surface area (Å²) in [4.78, 5) is 14.8. The molecule has 1 saturated heterocycles. The predicted molar refractivity (Wildman–Crippen MR) is 95.5 cm³/mol. The van der Waals surface area contributed by atoms with Crippen LogP contribution in [0.4, 0.5) is 11.5 Å². The maximum atomic E-state index is 12.6. The molecule has 0 aliphatic carbocycles. The van der Waals surface area contributed by atoms with E-state index in [1.807, 2.05) is 49.4 Å². The number of nitrogens with zero attached hydrogens (tertiary/aromatic N) is 5. The average molecular weight is 336 g/mol. The number of amides is 1. The molecule has 1 amide bonds. The van der Waals surface area contributed by atoms with Crippen LogP contribution in [-0.4, -0.2) is 38.8 Å². The molecule has 0 unspecified atom stereocenters. The van der Waals surface area contributed by atoms with Crippen molar-refractivity contribution >= 4 is 23.1 Å². The third kappa shape index (κ3) is 3.17. The van der Waals surface area contributed by atoms with Crippen molar-refractivity contribution in [1.82, 2.24) is 19.8 Å². The summed E-state index contributed by atoms with van der Waals surface area (Å²) in [5, 5.41) is 15.7. The van der Waals surface area contributed by atoms with E-state index in [1.54, 1.807) is 4.52 Å². The van der Waals surface area contributed by atoms with Crippen molar-refractivity contribution in [2.24, 2.45) is 5.92 Å². The van der Waals surface area contributed by atoms with Gasteiger partial charge in [0.15, 0.2) is 11.5 Å². The fourth-order valence-electron chi connectivity index (χ4n) is 3.22. The number of carbonyl (C=O) groups is 1. The van der Waals surface area contributed by atoms with Crippen LogP contribution in [0.2, 0.25) is 0 Å². The number of para-hydroxylation sites is 1. The van der Waals surface area contributed by atoms with Crippen LogP contribution in [0, 0.1) is 12.8 Å². The molecule has 2 aromatic heterocycles. The van der Waals surface area contributed by atoms with E-state index in [0.717, 1.165) is 42.4 Å². The average Bonchev–Trinajstić information content (AvgIpc) is 3.03. The number of nitrogens with one attached hydrogen (secondary N) is 1. The highest BCUT2D eigenvalue weighted by atomic mass is 16.1. The number of rotatable bonds is 3. The van der Waals surface area contributed by atoms with Crippen molar-refractivity contribution in [1.29, 1.82) is 0 Å². The van der Waals surface area contributed by atoms with Gasteiger partial charge in [0.1, 0.15) is 5.82 Å². The monoisotopic (exact) mass is 336 g/mol. The first-order valence-corrected chi connectivity index (χ1v) is 8.50. The summed E-state index contributed by atoms with van der Waals surface area (Å²) < 4.78 is 1.74. The maximum Gasteiger partial charge on any atom is 0.229 e. The van der Waals surface area contributed by atoms with Gasteiger partial charge in [-0.25, -0.2) is 0 Å². The topological polar surface area (TPSA) is 75.4 Å². The number of aromatic nitrogens is 4. The third-order valence-electron chi connectivity index (χ3n) is 4.56. The maximum absolute atomic E-state index is 12.6. The Balaban J connectivity index is 1.49. The number of hydrogen-bond donors (Lipinski definition) is 1. The molecule has 0 radical (unpaired) electrons. The van der Waals surface area contributed by atoms with Gasteiger partial charge >= 0.3 is 0 Å². The van der Waals surface area contributed by atoms with Crippen LogP contribution < -0.4 is 10.2 Å². The van der Waals surface area contributed by atoms with Crippen molar-refractivity contribution in [2.75, 3.05) is 23.3 Å². The zero-order valence-electron chi connectivity index (χ0n) is 14.1. The van der Waals surface area contributed by atoms with E-state index in [-0.39, 0.29) is 11.8 Å². The zero-order valence-corrected chi connectivity index (χ0v) is 14.1. The van der Waals surface area contributed by atoms with Crippen LogP contribution in [0.3, 0.4) is 0 Å². The van der Waals surface area contributed by atoms with Crippen LogP contribution >= 0.6 is 0 Å². The highest BCUT2D eigenvalue weighted by Crippen LogP contribution is 2.23. The second-order valence-corrected chi connectivity index (χ2v) is 6.35. The lowest BCUT2D eigenvalue weighted by atomic mass is 9.97. The van der Waals surface area contributed by atoms with E-state index in [4.69, 9.17) is 0 Å². The zero-order chi connectivity index (χ0) is 17.2. The normalized spacial score (nSPS) is 17.6. The van der Waals surface area contributed by atoms with Gasteiger partial charge in [-0.1, -0.05) is 18.2 Å². The molecule has 0 saturated carbocycles. The van der Waals surface area contributed by atoms with Crippen molar-refractivity contribution in [3.63, 3.8) is 0 Å². The molecule has 7 nitrogen and oxygen atoms in total. The van der Waals surface area contributed by atoms with E-state index in [9.17, 15) is 4.79 Å². The Hall–Kier alpha value is -2.96. The SMILES string of the molecule is Cc1nnc2ccc(N3CCC[C@H](C(=O)Nc4ccccc4)C3)nn12. The fraction of sp³-hybridized carbons (Fsp3) is 0.333. The largest absolute Gasteiger partial charge is 0.354 e. The first kappa shape index (κ1) is 15.6. The highest BCUT2D eigenvalue weighted by Gasteiger charge is 2.27. The van der Waals surface area contributed by atoms with Crippen LogP contribution in [0.25, 0.3) is 5.65 Å². The molecule has 7 heteroatoms. The Kier molecular flexibility index (Phi) is 4.05. The van der Waals surface area contributed by atoms with Gasteiger partial charge in [-0.05, 0) is 44.0 Å². The Morgan fingerprint density at radius 1 is 1.16 bits per heavy atom. The Bertz CT molecular complexity index is 891. The Morgan fingerprint density at radius 2 is 2.00 bits per heavy atom. The molecule has 1 aliphatic heterocycles. The molecule has 0 spiro atoms. The molecular weight excluding hydrogens is 316 g/mol. The predicted octanol–water partition coefficient (Wildman–Crippen LogP) is 2.29. The number of hydrogen-bond acceptors (Lipinski definition) is 5. The molecule has 3 heterocycles. The molecule has 0 bridgehead atoms. The summed E-state index contributed by atoms with van der Waals surface area (Å²) in [6.07, 6.45) is 1.86. The number of carbonyl (C=O) groups excluding carboxylic acids is 1. The van der Waals surface area contributed by atoms with Gasteiger partial charge in [0.05, 0.1) is 5.92 Å². The summed E-state index contributed by atoms with van der Waals surface area (Å²) in [5.41, 5.74) is 1.57. The Labute approximate surface area is 145 Å². The molecule has 3 aromatic rings. The summed E-state index contributed by atoms with van der Waals surface area (Å²) in [6, 6.07) is 13.4. The molecule has 4 rings (SSSR count). The second-order valence-electron chi connectivity index (χ2n) is 6.35. The lowest BCUT2D eigenvalue weighted by Gasteiger charge is -2.32. The van der Waals surface area contributed by atoms with Crippen molar-refractivity contribution < 1.29 is 4.79 Å². The first-order valence-electron chi connectivity index (χ1n) is 8.50.